The topological polar surface area (TPSA) is 47.6 Å². The number of hydrogen-bond donors (Lipinski definition) is 1. The van der Waals surface area contributed by atoms with Crippen molar-refractivity contribution in [2.45, 2.75) is 39.5 Å². The van der Waals surface area contributed by atoms with Crippen LogP contribution in [0.2, 0.25) is 0 Å². The third-order valence-corrected chi connectivity index (χ3v) is 6.60. The maximum Gasteiger partial charge on any atom is 0.231 e. The first-order valence-corrected chi connectivity index (χ1v) is 9.82. The quantitative estimate of drug-likeness (QED) is 0.772. The van der Waals surface area contributed by atoms with Gasteiger partial charge in [-0.1, -0.05) is 13.8 Å². The fraction of sp³-hybridized carbons (Fsp3) is 0.381. The molecule has 0 spiro atoms. The Morgan fingerprint density at radius 3 is 2.69 bits per heavy atom. The van der Waals surface area contributed by atoms with Crippen LogP contribution in [-0.4, -0.2) is 12.6 Å². The summed E-state index contributed by atoms with van der Waals surface area (Å²) in [6.45, 7) is 6.70. The van der Waals surface area contributed by atoms with Crippen molar-refractivity contribution in [1.29, 1.82) is 0 Å². The van der Waals surface area contributed by atoms with Crippen molar-refractivity contribution in [1.82, 2.24) is 0 Å². The molecule has 3 heterocycles. The van der Waals surface area contributed by atoms with E-state index in [4.69, 9.17) is 9.47 Å². The molecule has 2 aromatic rings. The minimum Gasteiger partial charge on any atom is -0.454 e. The molecule has 1 aromatic heterocycles. The third kappa shape index (κ3) is 2.30. The number of Topliss-reactive ketones (excluding diaryl/α,β-unsaturated/α-hetero) is 1. The van der Waals surface area contributed by atoms with Crippen LogP contribution < -0.4 is 14.8 Å². The number of carbonyl (C=O) groups excluding carboxylic acids is 1. The molecule has 0 fully saturated rings. The first-order chi connectivity index (χ1) is 12.4. The summed E-state index contributed by atoms with van der Waals surface area (Å²) in [5, 5.41) is 5.66. The van der Waals surface area contributed by atoms with Crippen LogP contribution in [0.15, 0.2) is 34.8 Å². The molecule has 3 aliphatic rings. The van der Waals surface area contributed by atoms with Crippen LogP contribution in [-0.2, 0) is 4.79 Å². The number of rotatable bonds is 1. The summed E-state index contributed by atoms with van der Waals surface area (Å²) in [5.41, 5.74) is 5.33. The number of benzene rings is 1. The molecule has 0 saturated carbocycles. The largest absolute Gasteiger partial charge is 0.454 e. The lowest BCUT2D eigenvalue weighted by Crippen LogP contribution is -2.33. The average molecular weight is 367 g/mol. The molecule has 1 aromatic carbocycles. The molecule has 4 nitrogen and oxygen atoms in total. The van der Waals surface area contributed by atoms with Crippen LogP contribution in [0, 0.1) is 12.3 Å². The van der Waals surface area contributed by atoms with Crippen LogP contribution in [0.25, 0.3) is 0 Å². The van der Waals surface area contributed by atoms with Crippen LogP contribution in [0.3, 0.4) is 0 Å². The average Bonchev–Trinajstić information content (AvgIpc) is 3.18. The van der Waals surface area contributed by atoms with Crippen molar-refractivity contribution >= 4 is 22.8 Å². The van der Waals surface area contributed by atoms with E-state index >= 15 is 0 Å². The Morgan fingerprint density at radius 1 is 1.19 bits per heavy atom. The van der Waals surface area contributed by atoms with Crippen LogP contribution in [0.5, 0.6) is 11.5 Å². The SMILES string of the molecule is Cc1ccsc1[C@@H]1C2=C(CC(C)(C)CC2=O)Nc2cc3c(cc21)OCO3. The standard InChI is InChI=1S/C21H21NO3S/c1-11-4-5-26-20(11)18-12-6-16-17(25-10-24-16)7-13(12)22-14-8-21(2,3)9-15(23)19(14)18/h4-7,18,22H,8-10H2,1-3H3/t18-/m0/s1. The molecule has 1 N–H and O–H groups in total. The summed E-state index contributed by atoms with van der Waals surface area (Å²) in [6.07, 6.45) is 1.47. The molecule has 1 atom stereocenters. The van der Waals surface area contributed by atoms with Gasteiger partial charge in [0.2, 0.25) is 6.79 Å². The fourth-order valence-electron chi connectivity index (χ4n) is 4.36. The molecule has 2 aliphatic heterocycles. The number of aryl methyl sites for hydroxylation is 1. The summed E-state index contributed by atoms with van der Waals surface area (Å²) in [5.74, 6) is 1.75. The van der Waals surface area contributed by atoms with Gasteiger partial charge in [0.1, 0.15) is 0 Å². The molecule has 0 unspecified atom stereocenters. The highest BCUT2D eigenvalue weighted by Gasteiger charge is 2.42. The predicted molar refractivity (Wildman–Crippen MR) is 102 cm³/mol. The van der Waals surface area contributed by atoms with Gasteiger partial charge in [-0.2, -0.15) is 0 Å². The lowest BCUT2D eigenvalue weighted by Gasteiger charge is -2.39. The molecule has 26 heavy (non-hydrogen) atoms. The van der Waals surface area contributed by atoms with Crippen LogP contribution >= 0.6 is 11.3 Å². The van der Waals surface area contributed by atoms with E-state index in [0.29, 0.717) is 6.42 Å². The first kappa shape index (κ1) is 15.9. The van der Waals surface area contributed by atoms with Gasteiger partial charge in [0.05, 0.1) is 5.92 Å². The number of ketones is 1. The van der Waals surface area contributed by atoms with Gasteiger partial charge in [-0.25, -0.2) is 0 Å². The molecular formula is C21H21NO3S. The number of carbonyl (C=O) groups is 1. The second-order valence-corrected chi connectivity index (χ2v) is 9.10. The summed E-state index contributed by atoms with van der Waals surface area (Å²) >= 11 is 1.72. The van der Waals surface area contributed by atoms with Crippen molar-refractivity contribution < 1.29 is 14.3 Å². The van der Waals surface area contributed by atoms with E-state index in [1.54, 1.807) is 11.3 Å². The minimum atomic E-state index is -0.0284. The van der Waals surface area contributed by atoms with Crippen molar-refractivity contribution in [2.75, 3.05) is 12.1 Å². The zero-order valence-corrected chi connectivity index (χ0v) is 16.0. The monoisotopic (exact) mass is 367 g/mol. The summed E-state index contributed by atoms with van der Waals surface area (Å²) < 4.78 is 11.2. The highest BCUT2D eigenvalue weighted by Crippen LogP contribution is 2.52. The number of anilines is 1. The van der Waals surface area contributed by atoms with Gasteiger partial charge in [0.15, 0.2) is 17.3 Å². The van der Waals surface area contributed by atoms with Crippen molar-refractivity contribution in [2.24, 2.45) is 5.41 Å². The Kier molecular flexibility index (Phi) is 3.29. The Balaban J connectivity index is 1.75. The van der Waals surface area contributed by atoms with Gasteiger partial charge < -0.3 is 14.8 Å². The summed E-state index contributed by atoms with van der Waals surface area (Å²) in [7, 11) is 0. The van der Waals surface area contributed by atoms with Crippen molar-refractivity contribution in [3.63, 3.8) is 0 Å². The second kappa shape index (κ2) is 5.36. The van der Waals surface area contributed by atoms with E-state index in [-0.39, 0.29) is 23.9 Å². The van der Waals surface area contributed by atoms with Gasteiger partial charge in [-0.05, 0) is 47.4 Å². The molecule has 5 rings (SSSR count). The van der Waals surface area contributed by atoms with Crippen LogP contribution in [0.1, 0.15) is 48.6 Å². The number of fused-ring (bicyclic) bond motifs is 2. The molecule has 0 radical (unpaired) electrons. The van der Waals surface area contributed by atoms with Crippen molar-refractivity contribution in [3.8, 4) is 11.5 Å². The van der Waals surface area contributed by atoms with E-state index in [0.717, 1.165) is 40.4 Å². The molecule has 0 bridgehead atoms. The maximum absolute atomic E-state index is 13.2. The zero-order valence-electron chi connectivity index (χ0n) is 15.1. The Labute approximate surface area is 156 Å². The third-order valence-electron chi connectivity index (χ3n) is 5.51. The Morgan fingerprint density at radius 2 is 1.96 bits per heavy atom. The molecule has 1 aliphatic carbocycles. The minimum absolute atomic E-state index is 0.0220. The Hall–Kier alpha value is -2.27. The van der Waals surface area contributed by atoms with Gasteiger partial charge >= 0.3 is 0 Å². The van der Waals surface area contributed by atoms with E-state index in [9.17, 15) is 4.79 Å². The number of hydrogen-bond acceptors (Lipinski definition) is 5. The van der Waals surface area contributed by atoms with E-state index in [1.807, 2.05) is 12.1 Å². The highest BCUT2D eigenvalue weighted by molar-refractivity contribution is 7.10. The lowest BCUT2D eigenvalue weighted by atomic mass is 9.69. The zero-order chi connectivity index (χ0) is 18.1. The van der Waals surface area contributed by atoms with E-state index in [2.05, 4.69) is 37.5 Å². The predicted octanol–water partition coefficient (Wildman–Crippen LogP) is 4.99. The molecule has 5 heteroatoms. The van der Waals surface area contributed by atoms with Crippen molar-refractivity contribution in [3.05, 3.63) is 50.9 Å². The van der Waals surface area contributed by atoms with Gasteiger partial charge in [0.25, 0.3) is 0 Å². The maximum atomic E-state index is 13.2. The Bertz CT molecular complexity index is 970. The van der Waals surface area contributed by atoms with E-state index < -0.39 is 0 Å². The van der Waals surface area contributed by atoms with E-state index in [1.165, 1.54) is 10.4 Å². The summed E-state index contributed by atoms with van der Waals surface area (Å²) in [6, 6.07) is 6.20. The summed E-state index contributed by atoms with van der Waals surface area (Å²) in [4.78, 5) is 14.4. The number of nitrogens with one attached hydrogen (secondary N) is 1. The normalized spacial score (nSPS) is 22.7. The van der Waals surface area contributed by atoms with Gasteiger partial charge in [0, 0.05) is 34.3 Å². The molecule has 134 valence electrons. The van der Waals surface area contributed by atoms with Crippen LogP contribution in [0.4, 0.5) is 5.69 Å². The fourth-order valence-corrected chi connectivity index (χ4v) is 5.41. The van der Waals surface area contributed by atoms with Gasteiger partial charge in [-0.3, -0.25) is 4.79 Å². The lowest BCUT2D eigenvalue weighted by molar-refractivity contribution is -0.118. The number of allylic oxidation sites excluding steroid dienone is 2. The molecular weight excluding hydrogens is 346 g/mol. The molecule has 0 saturated heterocycles. The number of thiophene rings is 1. The number of ether oxygens (including phenoxy) is 2. The highest BCUT2D eigenvalue weighted by atomic mass is 32.1. The molecule has 0 amide bonds. The van der Waals surface area contributed by atoms with Gasteiger partial charge in [-0.15, -0.1) is 11.3 Å². The smallest absolute Gasteiger partial charge is 0.231 e. The second-order valence-electron chi connectivity index (χ2n) is 8.15. The first-order valence-electron chi connectivity index (χ1n) is 8.94.